The molecule has 1 aliphatic rings. The van der Waals surface area contributed by atoms with E-state index in [0.29, 0.717) is 17.9 Å². The van der Waals surface area contributed by atoms with E-state index in [0.717, 1.165) is 6.42 Å². The molecule has 0 saturated carbocycles. The Bertz CT molecular complexity index is 541. The fraction of sp³-hybridized carbons (Fsp3) is 0.429. The van der Waals surface area contributed by atoms with E-state index in [-0.39, 0.29) is 0 Å². The van der Waals surface area contributed by atoms with Gasteiger partial charge in [-0.1, -0.05) is 19.1 Å². The molecule has 1 aromatic rings. The van der Waals surface area contributed by atoms with E-state index in [1.807, 2.05) is 6.92 Å². The van der Waals surface area contributed by atoms with Crippen LogP contribution in [0.2, 0.25) is 0 Å². The summed E-state index contributed by atoms with van der Waals surface area (Å²) in [5.74, 6) is -12.7. The monoisotopic (exact) mass is 308 g/mol. The van der Waals surface area contributed by atoms with Gasteiger partial charge in [-0.05, 0) is 24.1 Å². The standard InChI is InChI=1S/C14H13F5O2/c1-2-7-20-10-5-3-9(4-6-10)8-21-14(19)12(16)11(15)13(14,17)18/h3-6H,2,7-8H2,1H3. The van der Waals surface area contributed by atoms with Gasteiger partial charge in [0.15, 0.2) is 0 Å². The molecule has 116 valence electrons. The summed E-state index contributed by atoms with van der Waals surface area (Å²) < 4.78 is 74.4. The molecule has 0 saturated heterocycles. The molecule has 1 aliphatic carbocycles. The van der Waals surface area contributed by atoms with Crippen molar-refractivity contribution in [2.75, 3.05) is 6.61 Å². The maximum absolute atomic E-state index is 13.6. The van der Waals surface area contributed by atoms with E-state index in [1.165, 1.54) is 12.1 Å². The van der Waals surface area contributed by atoms with Gasteiger partial charge in [-0.3, -0.25) is 0 Å². The van der Waals surface area contributed by atoms with Gasteiger partial charge in [0.25, 0.3) is 0 Å². The van der Waals surface area contributed by atoms with Crippen molar-refractivity contribution < 1.29 is 31.4 Å². The summed E-state index contributed by atoms with van der Waals surface area (Å²) in [6, 6.07) is 6.02. The molecule has 1 atom stereocenters. The summed E-state index contributed by atoms with van der Waals surface area (Å²) in [7, 11) is 0. The smallest absolute Gasteiger partial charge is 0.365 e. The molecule has 0 heterocycles. The largest absolute Gasteiger partial charge is 0.494 e. The fourth-order valence-electron chi connectivity index (χ4n) is 1.73. The van der Waals surface area contributed by atoms with E-state index in [2.05, 4.69) is 4.74 Å². The molecule has 0 amide bonds. The molecule has 1 aromatic carbocycles. The lowest BCUT2D eigenvalue weighted by Gasteiger charge is -2.38. The highest BCUT2D eigenvalue weighted by molar-refractivity contribution is 5.35. The Labute approximate surface area is 118 Å². The molecule has 0 aliphatic heterocycles. The van der Waals surface area contributed by atoms with Crippen LogP contribution in [0.15, 0.2) is 35.9 Å². The molecule has 21 heavy (non-hydrogen) atoms. The van der Waals surface area contributed by atoms with Crippen molar-refractivity contribution in [3.63, 3.8) is 0 Å². The highest BCUT2D eigenvalue weighted by Gasteiger charge is 2.74. The van der Waals surface area contributed by atoms with E-state index < -0.39 is 30.0 Å². The van der Waals surface area contributed by atoms with Crippen LogP contribution in [0.1, 0.15) is 18.9 Å². The van der Waals surface area contributed by atoms with Gasteiger partial charge in [0.1, 0.15) is 5.75 Å². The maximum Gasteiger partial charge on any atom is 0.365 e. The van der Waals surface area contributed by atoms with Crippen LogP contribution in [-0.2, 0) is 11.3 Å². The Kier molecular flexibility index (Phi) is 4.22. The second kappa shape index (κ2) is 5.63. The van der Waals surface area contributed by atoms with Crippen molar-refractivity contribution in [3.05, 3.63) is 41.5 Å². The number of hydrogen-bond acceptors (Lipinski definition) is 2. The van der Waals surface area contributed by atoms with Crippen molar-refractivity contribution in [1.82, 2.24) is 0 Å². The van der Waals surface area contributed by atoms with Crippen LogP contribution in [0.3, 0.4) is 0 Å². The van der Waals surface area contributed by atoms with Crippen LogP contribution in [0.4, 0.5) is 22.0 Å². The summed E-state index contributed by atoms with van der Waals surface area (Å²) in [5, 5.41) is 0. The summed E-state index contributed by atoms with van der Waals surface area (Å²) in [6.45, 7) is 1.83. The number of benzene rings is 1. The number of hydrogen-bond donors (Lipinski definition) is 0. The first kappa shape index (κ1) is 15.8. The molecular weight excluding hydrogens is 295 g/mol. The Hall–Kier alpha value is -1.63. The SMILES string of the molecule is CCCOc1ccc(COC2(F)C(F)=C(F)C2(F)F)cc1. The van der Waals surface area contributed by atoms with Gasteiger partial charge in [-0.25, -0.2) is 8.78 Å². The van der Waals surface area contributed by atoms with Crippen LogP contribution in [0.5, 0.6) is 5.75 Å². The zero-order valence-electron chi connectivity index (χ0n) is 11.1. The highest BCUT2D eigenvalue weighted by atomic mass is 19.3. The second-order valence-electron chi connectivity index (χ2n) is 4.58. The Morgan fingerprint density at radius 2 is 1.62 bits per heavy atom. The first-order valence-corrected chi connectivity index (χ1v) is 6.31. The third kappa shape index (κ3) is 2.62. The van der Waals surface area contributed by atoms with Crippen LogP contribution < -0.4 is 4.74 Å². The van der Waals surface area contributed by atoms with Gasteiger partial charge in [0.05, 0.1) is 13.2 Å². The molecular formula is C14H13F5O2. The molecule has 0 fully saturated rings. The van der Waals surface area contributed by atoms with Crippen LogP contribution in [0.25, 0.3) is 0 Å². The van der Waals surface area contributed by atoms with Gasteiger partial charge in [0, 0.05) is 0 Å². The maximum atomic E-state index is 13.6. The lowest BCUT2D eigenvalue weighted by molar-refractivity contribution is -0.288. The van der Waals surface area contributed by atoms with Crippen LogP contribution >= 0.6 is 0 Å². The van der Waals surface area contributed by atoms with Crippen LogP contribution in [0, 0.1) is 0 Å². The van der Waals surface area contributed by atoms with Crippen molar-refractivity contribution in [2.45, 2.75) is 31.7 Å². The van der Waals surface area contributed by atoms with E-state index in [9.17, 15) is 22.0 Å². The van der Waals surface area contributed by atoms with Gasteiger partial charge < -0.3 is 9.47 Å². The van der Waals surface area contributed by atoms with Gasteiger partial charge in [0.2, 0.25) is 11.7 Å². The minimum Gasteiger partial charge on any atom is -0.494 e. The Balaban J connectivity index is 1.98. The zero-order valence-corrected chi connectivity index (χ0v) is 11.1. The predicted molar refractivity (Wildman–Crippen MR) is 65.0 cm³/mol. The third-order valence-electron chi connectivity index (χ3n) is 2.99. The van der Waals surface area contributed by atoms with Gasteiger partial charge in [-0.2, -0.15) is 13.2 Å². The third-order valence-corrected chi connectivity index (χ3v) is 2.99. The normalized spacial score (nSPS) is 23.9. The quantitative estimate of drug-likeness (QED) is 0.723. The minimum atomic E-state index is -4.60. The van der Waals surface area contributed by atoms with E-state index in [4.69, 9.17) is 4.74 Å². The predicted octanol–water partition coefficient (Wildman–Crippen LogP) is 4.46. The van der Waals surface area contributed by atoms with Crippen molar-refractivity contribution >= 4 is 0 Å². The summed E-state index contributed by atoms with van der Waals surface area (Å²) in [6.07, 6.45) is 0.821. The van der Waals surface area contributed by atoms with Crippen molar-refractivity contribution in [3.8, 4) is 5.75 Å². The number of alkyl halides is 3. The first-order chi connectivity index (χ1) is 9.83. The molecule has 0 bridgehead atoms. The summed E-state index contributed by atoms with van der Waals surface area (Å²) in [5.41, 5.74) is 0.326. The molecule has 2 nitrogen and oxygen atoms in total. The Morgan fingerprint density at radius 3 is 2.14 bits per heavy atom. The Morgan fingerprint density at radius 1 is 1.00 bits per heavy atom. The number of ether oxygens (including phenoxy) is 2. The van der Waals surface area contributed by atoms with Crippen molar-refractivity contribution in [1.29, 1.82) is 0 Å². The molecule has 0 aromatic heterocycles. The topological polar surface area (TPSA) is 18.5 Å². The fourth-order valence-corrected chi connectivity index (χ4v) is 1.73. The summed E-state index contributed by atoms with van der Waals surface area (Å²) >= 11 is 0. The van der Waals surface area contributed by atoms with Crippen molar-refractivity contribution in [2.24, 2.45) is 0 Å². The first-order valence-electron chi connectivity index (χ1n) is 6.31. The van der Waals surface area contributed by atoms with E-state index in [1.54, 1.807) is 12.1 Å². The average Bonchev–Trinajstić information content (AvgIpc) is 2.49. The number of halogens is 5. The molecule has 0 spiro atoms. The molecule has 0 N–H and O–H groups in total. The van der Waals surface area contributed by atoms with E-state index >= 15 is 0 Å². The van der Waals surface area contributed by atoms with Crippen LogP contribution in [-0.4, -0.2) is 18.4 Å². The molecule has 2 rings (SSSR count). The minimum absolute atomic E-state index is 0.326. The highest BCUT2D eigenvalue weighted by Crippen LogP contribution is 2.56. The number of rotatable bonds is 6. The van der Waals surface area contributed by atoms with Gasteiger partial charge >= 0.3 is 11.8 Å². The summed E-state index contributed by atoms with van der Waals surface area (Å²) in [4.78, 5) is 0. The lowest BCUT2D eigenvalue weighted by atomic mass is 9.95. The molecule has 7 heteroatoms. The average molecular weight is 308 g/mol. The van der Waals surface area contributed by atoms with Gasteiger partial charge in [-0.15, -0.1) is 0 Å². The zero-order chi connectivity index (χ0) is 15.7. The lowest BCUT2D eigenvalue weighted by Crippen LogP contribution is -2.56. The molecule has 0 radical (unpaired) electrons. The second-order valence-corrected chi connectivity index (χ2v) is 4.58. The molecule has 1 unspecified atom stereocenters.